The minimum absolute atomic E-state index is 0. The average Bonchev–Trinajstić information content (AvgIpc) is 3.07. The second-order valence-corrected chi connectivity index (χ2v) is 7.61. The second kappa shape index (κ2) is 12.6. The summed E-state index contributed by atoms with van der Waals surface area (Å²) in [5, 5.41) is 36.4. The molecule has 0 fully saturated rings. The van der Waals surface area contributed by atoms with E-state index in [1.54, 1.807) is 18.2 Å². The molecule has 32 heavy (non-hydrogen) atoms. The second-order valence-electron chi connectivity index (χ2n) is 7.18. The zero-order valence-corrected chi connectivity index (χ0v) is 22.8. The van der Waals surface area contributed by atoms with E-state index in [1.165, 1.54) is 12.1 Å². The molecule has 2 aromatic rings. The normalized spacial score (nSPS) is 15.1. The largest absolute Gasteiger partial charge is 1.00 e. The molecule has 11 heteroatoms. The Morgan fingerprint density at radius 1 is 1.03 bits per heavy atom. The molecule has 2 N–H and O–H groups in total. The molecule has 3 rings (SSSR count). The van der Waals surface area contributed by atoms with Crippen molar-refractivity contribution in [2.45, 2.75) is 37.7 Å². The van der Waals surface area contributed by atoms with Gasteiger partial charge in [0.15, 0.2) is 11.5 Å². The number of fused-ring (bicyclic) bond motifs is 1. The SMILES string of the molecule is C[C@H](Cc1ccc2c(c1)OC(C(=O)[O-])(C(=O)[O-])O2)NCC(O)Cc1cccc(Cl)c1.[Na+].[Na+]. The van der Waals surface area contributed by atoms with Crippen molar-refractivity contribution in [2.75, 3.05) is 6.54 Å². The Balaban J connectivity index is 0.00000256. The Hall–Kier alpha value is -0.810. The van der Waals surface area contributed by atoms with Gasteiger partial charge in [0.25, 0.3) is 0 Å². The maximum absolute atomic E-state index is 11.2. The van der Waals surface area contributed by atoms with Crippen LogP contribution in [-0.2, 0) is 22.4 Å². The maximum Gasteiger partial charge on any atom is 1.00 e. The number of hydrogen-bond acceptors (Lipinski definition) is 8. The predicted molar refractivity (Wildman–Crippen MR) is 103 cm³/mol. The van der Waals surface area contributed by atoms with Gasteiger partial charge in [-0.15, -0.1) is 0 Å². The van der Waals surface area contributed by atoms with Crippen LogP contribution < -0.4 is 84.1 Å². The minimum atomic E-state index is -2.99. The van der Waals surface area contributed by atoms with Crippen molar-refractivity contribution in [1.82, 2.24) is 5.32 Å². The van der Waals surface area contributed by atoms with Gasteiger partial charge in [0.1, 0.15) is 11.9 Å². The van der Waals surface area contributed by atoms with Gasteiger partial charge in [-0.2, -0.15) is 0 Å². The molecule has 0 bridgehead atoms. The van der Waals surface area contributed by atoms with E-state index >= 15 is 0 Å². The molecule has 0 amide bonds. The molecule has 0 aliphatic carbocycles. The van der Waals surface area contributed by atoms with Gasteiger partial charge in [0, 0.05) is 17.6 Å². The fraction of sp³-hybridized carbons (Fsp3) is 0.333. The monoisotopic (exact) mass is 479 g/mol. The summed E-state index contributed by atoms with van der Waals surface area (Å²) >= 11 is 5.95. The zero-order chi connectivity index (χ0) is 21.9. The van der Waals surface area contributed by atoms with Crippen LogP contribution in [0.15, 0.2) is 42.5 Å². The van der Waals surface area contributed by atoms with Gasteiger partial charge in [0.2, 0.25) is 0 Å². The van der Waals surface area contributed by atoms with Gasteiger partial charge in [-0.3, -0.25) is 0 Å². The van der Waals surface area contributed by atoms with E-state index in [0.717, 1.165) is 11.1 Å². The Bertz CT molecular complexity index is 945. The molecule has 0 saturated carbocycles. The first-order valence-electron chi connectivity index (χ1n) is 9.29. The average molecular weight is 480 g/mol. The number of benzene rings is 2. The summed E-state index contributed by atoms with van der Waals surface area (Å²) in [6.45, 7) is 2.28. The third-order valence-electron chi connectivity index (χ3n) is 4.66. The van der Waals surface area contributed by atoms with Crippen molar-refractivity contribution in [3.8, 4) is 11.5 Å². The van der Waals surface area contributed by atoms with Crippen LogP contribution in [0.1, 0.15) is 18.1 Å². The van der Waals surface area contributed by atoms with Crippen molar-refractivity contribution in [3.63, 3.8) is 0 Å². The van der Waals surface area contributed by atoms with Crippen LogP contribution in [0.4, 0.5) is 0 Å². The van der Waals surface area contributed by atoms with Gasteiger partial charge in [0.05, 0.1) is 6.10 Å². The van der Waals surface area contributed by atoms with Crippen molar-refractivity contribution >= 4 is 23.5 Å². The van der Waals surface area contributed by atoms with Crippen LogP contribution in [0.3, 0.4) is 0 Å². The topological polar surface area (TPSA) is 131 Å². The molecular weight excluding hydrogens is 460 g/mol. The van der Waals surface area contributed by atoms with Crippen LogP contribution >= 0.6 is 11.6 Å². The summed E-state index contributed by atoms with van der Waals surface area (Å²) in [6, 6.07) is 11.9. The molecule has 0 aromatic heterocycles. The van der Waals surface area contributed by atoms with Crippen LogP contribution in [-0.4, -0.2) is 41.5 Å². The van der Waals surface area contributed by atoms with Gasteiger partial charge >= 0.3 is 64.9 Å². The van der Waals surface area contributed by atoms with E-state index < -0.39 is 23.8 Å². The number of carboxylic acid groups (broad SMARTS) is 2. The van der Waals surface area contributed by atoms with E-state index in [-0.39, 0.29) is 76.7 Å². The quantitative estimate of drug-likeness (QED) is 0.268. The van der Waals surface area contributed by atoms with Gasteiger partial charge < -0.3 is 39.7 Å². The number of carbonyl (C=O) groups is 2. The first-order chi connectivity index (χ1) is 14.2. The molecule has 2 atom stereocenters. The van der Waals surface area contributed by atoms with Crippen LogP contribution in [0.2, 0.25) is 5.02 Å². The minimum Gasteiger partial charge on any atom is -0.542 e. The van der Waals surface area contributed by atoms with E-state index in [1.807, 2.05) is 19.1 Å². The zero-order valence-electron chi connectivity index (χ0n) is 18.1. The summed E-state index contributed by atoms with van der Waals surface area (Å²) in [5.41, 5.74) is 1.69. The van der Waals surface area contributed by atoms with Crippen LogP contribution in [0.25, 0.3) is 0 Å². The summed E-state index contributed by atoms with van der Waals surface area (Å²) in [4.78, 5) is 22.3. The Labute approximate surface area is 234 Å². The van der Waals surface area contributed by atoms with E-state index in [0.29, 0.717) is 24.4 Å². The first kappa shape index (κ1) is 29.2. The predicted octanol–water partition coefficient (Wildman–Crippen LogP) is -6.56. The summed E-state index contributed by atoms with van der Waals surface area (Å²) < 4.78 is 9.91. The molecule has 1 heterocycles. The van der Waals surface area contributed by atoms with E-state index in [2.05, 4.69) is 5.32 Å². The third kappa shape index (κ3) is 7.09. The number of halogens is 1. The number of aliphatic hydroxyl groups is 1. The van der Waals surface area contributed by atoms with Crippen molar-refractivity contribution < 1.29 is 93.5 Å². The molecule has 1 unspecified atom stereocenters. The number of nitrogens with one attached hydrogen (secondary N) is 1. The van der Waals surface area contributed by atoms with E-state index in [4.69, 9.17) is 21.1 Å². The van der Waals surface area contributed by atoms with E-state index in [9.17, 15) is 24.9 Å². The number of rotatable bonds is 9. The van der Waals surface area contributed by atoms with Crippen molar-refractivity contribution in [1.29, 1.82) is 0 Å². The van der Waals surface area contributed by atoms with Gasteiger partial charge in [-0.25, -0.2) is 0 Å². The fourth-order valence-electron chi connectivity index (χ4n) is 3.20. The molecule has 0 radical (unpaired) electrons. The number of carbonyl (C=O) groups excluding carboxylic acids is 2. The van der Waals surface area contributed by atoms with Gasteiger partial charge in [-0.1, -0.05) is 29.8 Å². The van der Waals surface area contributed by atoms with Crippen molar-refractivity contribution in [2.24, 2.45) is 0 Å². The number of hydrogen-bond donors (Lipinski definition) is 2. The Kier molecular flexibility index (Phi) is 11.5. The number of ether oxygens (including phenoxy) is 2. The third-order valence-corrected chi connectivity index (χ3v) is 4.89. The standard InChI is InChI=1S/C21H22ClNO7.2Na/c1-12(23-11-16(24)9-13-3-2-4-15(22)8-13)7-14-5-6-17-18(10-14)30-21(29-17,19(25)26)20(27)28;;/h2-6,8,10,12,16,23-24H,7,9,11H2,1H3,(H,25,26)(H,27,28);;/q;2*+1/p-2/t12-,16?;;/m1../s1. The number of aliphatic hydroxyl groups excluding tert-OH is 1. The number of aliphatic carboxylic acids is 2. The Morgan fingerprint density at radius 2 is 1.66 bits per heavy atom. The maximum atomic E-state index is 11.2. The van der Waals surface area contributed by atoms with Crippen LogP contribution in [0, 0.1) is 0 Å². The molecule has 0 spiro atoms. The summed E-state index contributed by atoms with van der Waals surface area (Å²) in [5.74, 6) is -7.14. The fourth-order valence-corrected chi connectivity index (χ4v) is 3.41. The molecule has 160 valence electrons. The molecular formula is C21H20ClNNa2O7. The number of carboxylic acids is 2. The molecule has 2 aromatic carbocycles. The summed E-state index contributed by atoms with van der Waals surface area (Å²) in [7, 11) is 0. The molecule has 1 aliphatic heterocycles. The van der Waals surface area contributed by atoms with Crippen LogP contribution in [0.5, 0.6) is 11.5 Å². The smallest absolute Gasteiger partial charge is 0.542 e. The van der Waals surface area contributed by atoms with Crippen molar-refractivity contribution in [3.05, 3.63) is 58.6 Å². The summed E-state index contributed by atoms with van der Waals surface area (Å²) in [6.07, 6.45) is 0.373. The Morgan fingerprint density at radius 3 is 2.28 bits per heavy atom. The molecule has 0 saturated heterocycles. The molecule has 8 nitrogen and oxygen atoms in total. The first-order valence-corrected chi connectivity index (χ1v) is 9.67. The van der Waals surface area contributed by atoms with Gasteiger partial charge in [-0.05, 0) is 55.2 Å². The molecule has 1 aliphatic rings.